The number of rotatable bonds is 3. The van der Waals surface area contributed by atoms with Crippen LogP contribution >= 0.6 is 0 Å². The number of aryl methyl sites for hydroxylation is 1. The van der Waals surface area contributed by atoms with Gasteiger partial charge >= 0.3 is 0 Å². The Morgan fingerprint density at radius 2 is 1.89 bits per heavy atom. The summed E-state index contributed by atoms with van der Waals surface area (Å²) in [6.07, 6.45) is 6.58. The maximum atomic E-state index is 4.77. The molecule has 134 valence electrons. The zero-order valence-electron chi connectivity index (χ0n) is 15.5. The van der Waals surface area contributed by atoms with Crippen LogP contribution in [-0.2, 0) is 6.42 Å². The van der Waals surface area contributed by atoms with E-state index in [-0.39, 0.29) is 6.04 Å². The van der Waals surface area contributed by atoms with E-state index in [0.29, 0.717) is 0 Å². The first-order valence-electron chi connectivity index (χ1n) is 9.28. The number of benzene rings is 1. The summed E-state index contributed by atoms with van der Waals surface area (Å²) in [4.78, 5) is 18.2. The fourth-order valence-electron chi connectivity index (χ4n) is 3.92. The molecule has 1 aromatic carbocycles. The van der Waals surface area contributed by atoms with Gasteiger partial charge in [0.05, 0.1) is 35.5 Å². The van der Waals surface area contributed by atoms with Gasteiger partial charge < -0.3 is 9.80 Å². The predicted molar refractivity (Wildman–Crippen MR) is 109 cm³/mol. The van der Waals surface area contributed by atoms with E-state index < -0.39 is 0 Å². The average Bonchev–Trinajstić information content (AvgIpc) is 3.30. The fourth-order valence-corrected chi connectivity index (χ4v) is 3.92. The molecule has 5 rings (SSSR count). The van der Waals surface area contributed by atoms with E-state index in [0.717, 1.165) is 35.9 Å². The number of nitrogens with zero attached hydrogens (tertiary/aromatic N) is 5. The summed E-state index contributed by atoms with van der Waals surface area (Å²) in [6, 6.07) is 15.0. The molecular formula is C22H21N5. The Morgan fingerprint density at radius 1 is 1.04 bits per heavy atom. The van der Waals surface area contributed by atoms with Crippen LogP contribution in [-0.4, -0.2) is 22.9 Å². The smallest absolute Gasteiger partial charge is 0.0959 e. The van der Waals surface area contributed by atoms with E-state index in [2.05, 4.69) is 63.1 Å². The van der Waals surface area contributed by atoms with Gasteiger partial charge in [0.15, 0.2) is 0 Å². The van der Waals surface area contributed by atoms with Crippen molar-refractivity contribution in [2.75, 3.05) is 16.5 Å². The lowest BCUT2D eigenvalue weighted by Gasteiger charge is -2.27. The van der Waals surface area contributed by atoms with Crippen molar-refractivity contribution in [3.8, 4) is 0 Å². The largest absolute Gasteiger partial charge is 0.343 e. The third-order valence-electron chi connectivity index (χ3n) is 5.39. The van der Waals surface area contributed by atoms with Gasteiger partial charge in [-0.2, -0.15) is 0 Å². The molecule has 5 nitrogen and oxygen atoms in total. The van der Waals surface area contributed by atoms with Crippen molar-refractivity contribution < 1.29 is 0 Å². The third-order valence-corrected chi connectivity index (χ3v) is 5.39. The summed E-state index contributed by atoms with van der Waals surface area (Å²) < 4.78 is 0. The van der Waals surface area contributed by atoms with Gasteiger partial charge in [-0.15, -0.1) is 0 Å². The Balaban J connectivity index is 1.61. The molecule has 2 aliphatic rings. The van der Waals surface area contributed by atoms with Crippen LogP contribution in [0.2, 0.25) is 0 Å². The molecule has 0 fully saturated rings. The topological polar surface area (TPSA) is 44.6 Å². The molecule has 3 aromatic rings. The van der Waals surface area contributed by atoms with E-state index >= 15 is 0 Å². The van der Waals surface area contributed by atoms with Crippen LogP contribution < -0.4 is 9.80 Å². The molecule has 0 amide bonds. The van der Waals surface area contributed by atoms with Crippen molar-refractivity contribution in [3.05, 3.63) is 71.8 Å². The molecule has 1 unspecified atom stereocenters. The second-order valence-electron chi connectivity index (χ2n) is 7.11. The minimum Gasteiger partial charge on any atom is -0.343 e. The summed E-state index contributed by atoms with van der Waals surface area (Å²) in [5, 5.41) is 0. The number of aliphatic imine (C=N–C) groups is 1. The van der Waals surface area contributed by atoms with Crippen LogP contribution in [0.25, 0.3) is 0 Å². The molecular weight excluding hydrogens is 334 g/mol. The normalized spacial score (nSPS) is 15.8. The summed E-state index contributed by atoms with van der Waals surface area (Å²) in [7, 11) is 0. The van der Waals surface area contributed by atoms with Gasteiger partial charge in [0, 0.05) is 36.4 Å². The molecule has 0 aliphatic carbocycles. The van der Waals surface area contributed by atoms with Gasteiger partial charge in [-0.25, -0.2) is 0 Å². The van der Waals surface area contributed by atoms with Crippen LogP contribution in [0, 0.1) is 6.92 Å². The zero-order chi connectivity index (χ0) is 18.4. The van der Waals surface area contributed by atoms with Crippen LogP contribution in [0.15, 0.2) is 59.9 Å². The van der Waals surface area contributed by atoms with Crippen LogP contribution in [0.1, 0.15) is 29.9 Å². The lowest BCUT2D eigenvalue weighted by molar-refractivity contribution is 0.674. The Hall–Kier alpha value is -3.21. The van der Waals surface area contributed by atoms with Gasteiger partial charge in [-0.3, -0.25) is 15.0 Å². The summed E-state index contributed by atoms with van der Waals surface area (Å²) in [5.74, 6) is 0. The minimum absolute atomic E-state index is 0.177. The highest BCUT2D eigenvalue weighted by molar-refractivity contribution is 5.89. The molecule has 5 heteroatoms. The lowest BCUT2D eigenvalue weighted by Crippen LogP contribution is -2.31. The van der Waals surface area contributed by atoms with Crippen LogP contribution in [0.4, 0.5) is 22.7 Å². The Morgan fingerprint density at radius 3 is 2.70 bits per heavy atom. The highest BCUT2D eigenvalue weighted by atomic mass is 15.4. The number of hydrogen-bond donors (Lipinski definition) is 0. The number of hydrogen-bond acceptors (Lipinski definition) is 5. The average molecular weight is 355 g/mol. The highest BCUT2D eigenvalue weighted by Crippen LogP contribution is 2.47. The molecule has 0 saturated carbocycles. The van der Waals surface area contributed by atoms with Crippen molar-refractivity contribution in [2.24, 2.45) is 4.99 Å². The molecule has 2 aliphatic heterocycles. The van der Waals surface area contributed by atoms with Gasteiger partial charge in [0.25, 0.3) is 0 Å². The monoisotopic (exact) mass is 355 g/mol. The lowest BCUT2D eigenvalue weighted by atomic mass is 10.1. The number of pyridine rings is 2. The molecule has 0 saturated heterocycles. The SMILES string of the molecule is Cc1cccc(C(C)N2CN(c3ccncc3)c3cc4c(cc32)CC=N4)n1. The molecule has 0 N–H and O–H groups in total. The quantitative estimate of drug-likeness (QED) is 0.682. The molecule has 27 heavy (non-hydrogen) atoms. The Kier molecular flexibility index (Phi) is 3.67. The summed E-state index contributed by atoms with van der Waals surface area (Å²) in [6.45, 7) is 5.05. The zero-order valence-corrected chi connectivity index (χ0v) is 15.5. The summed E-state index contributed by atoms with van der Waals surface area (Å²) >= 11 is 0. The first-order valence-corrected chi connectivity index (χ1v) is 9.28. The molecule has 4 heterocycles. The number of aromatic nitrogens is 2. The molecule has 0 radical (unpaired) electrons. The second-order valence-corrected chi connectivity index (χ2v) is 7.11. The van der Waals surface area contributed by atoms with Gasteiger partial charge in [0.1, 0.15) is 0 Å². The van der Waals surface area contributed by atoms with Crippen molar-refractivity contribution in [1.29, 1.82) is 0 Å². The van der Waals surface area contributed by atoms with E-state index in [1.165, 1.54) is 16.9 Å². The molecule has 1 atom stereocenters. The van der Waals surface area contributed by atoms with Gasteiger partial charge in [-0.1, -0.05) is 6.07 Å². The fraction of sp³-hybridized carbons (Fsp3) is 0.227. The van der Waals surface area contributed by atoms with E-state index in [4.69, 9.17) is 4.98 Å². The molecule has 0 spiro atoms. The summed E-state index contributed by atoms with van der Waals surface area (Å²) in [5.41, 5.74) is 8.09. The highest BCUT2D eigenvalue weighted by Gasteiger charge is 2.32. The third kappa shape index (κ3) is 2.67. The molecule has 2 aromatic heterocycles. The second kappa shape index (κ2) is 6.20. The standard InChI is InChI=1S/C22H21N5/c1-15-4-3-5-19(25-15)16(2)26-14-27(18-7-9-23-10-8-18)22-13-20-17(6-11-24-20)12-21(22)26/h3-5,7-13,16H,6,14H2,1-2H3. The Labute approximate surface area is 159 Å². The first-order chi connectivity index (χ1) is 13.2. The number of anilines is 3. The van der Waals surface area contributed by atoms with Crippen molar-refractivity contribution in [1.82, 2.24) is 9.97 Å². The van der Waals surface area contributed by atoms with Crippen molar-refractivity contribution in [2.45, 2.75) is 26.3 Å². The van der Waals surface area contributed by atoms with Gasteiger partial charge in [-0.05, 0) is 55.8 Å². The maximum absolute atomic E-state index is 4.77. The van der Waals surface area contributed by atoms with E-state index in [9.17, 15) is 0 Å². The van der Waals surface area contributed by atoms with E-state index in [1.807, 2.05) is 31.6 Å². The first kappa shape index (κ1) is 16.0. The van der Waals surface area contributed by atoms with Crippen molar-refractivity contribution >= 4 is 29.0 Å². The van der Waals surface area contributed by atoms with Crippen LogP contribution in [0.3, 0.4) is 0 Å². The number of fused-ring (bicyclic) bond motifs is 2. The Bertz CT molecular complexity index is 1030. The van der Waals surface area contributed by atoms with E-state index in [1.54, 1.807) is 0 Å². The minimum atomic E-state index is 0.177. The molecule has 0 bridgehead atoms. The van der Waals surface area contributed by atoms with Gasteiger partial charge in [0.2, 0.25) is 0 Å². The predicted octanol–water partition coefficient (Wildman–Crippen LogP) is 4.72. The maximum Gasteiger partial charge on any atom is 0.0959 e. The van der Waals surface area contributed by atoms with Crippen LogP contribution in [0.5, 0.6) is 0 Å². The van der Waals surface area contributed by atoms with Crippen molar-refractivity contribution in [3.63, 3.8) is 0 Å².